The molecule has 3 rings (SSSR count). The molecule has 0 saturated carbocycles. The molecule has 0 spiro atoms. The average Bonchev–Trinajstić information content (AvgIpc) is 2.65. The lowest BCUT2D eigenvalue weighted by molar-refractivity contribution is -0.138. The SMILES string of the molecule is CC1(C)C=C2C3=C(C(=O)OC3)[C@](C)(O)CC2C1. The lowest BCUT2D eigenvalue weighted by atomic mass is 9.73. The summed E-state index contributed by atoms with van der Waals surface area (Å²) < 4.78 is 5.10. The third-order valence-corrected chi connectivity index (χ3v) is 4.14. The Bertz CT molecular complexity index is 466. The summed E-state index contributed by atoms with van der Waals surface area (Å²) in [6.07, 6.45) is 3.93. The number of allylic oxidation sites excluding steroid dienone is 1. The van der Waals surface area contributed by atoms with Crippen LogP contribution in [0.3, 0.4) is 0 Å². The maximum Gasteiger partial charge on any atom is 0.337 e. The number of rotatable bonds is 0. The fourth-order valence-electron chi connectivity index (χ4n) is 3.62. The molecule has 17 heavy (non-hydrogen) atoms. The highest BCUT2D eigenvalue weighted by atomic mass is 16.5. The molecule has 2 aliphatic carbocycles. The van der Waals surface area contributed by atoms with E-state index in [4.69, 9.17) is 4.74 Å². The Kier molecular flexibility index (Phi) is 1.96. The number of aliphatic hydroxyl groups is 1. The van der Waals surface area contributed by atoms with Gasteiger partial charge in [0, 0.05) is 5.57 Å². The topological polar surface area (TPSA) is 46.5 Å². The monoisotopic (exact) mass is 234 g/mol. The smallest absolute Gasteiger partial charge is 0.337 e. The van der Waals surface area contributed by atoms with E-state index in [0.717, 1.165) is 12.0 Å². The highest BCUT2D eigenvalue weighted by Gasteiger charge is 2.49. The molecule has 0 fully saturated rings. The van der Waals surface area contributed by atoms with Crippen LogP contribution >= 0.6 is 0 Å². The Balaban J connectivity index is 2.14. The lowest BCUT2D eigenvalue weighted by Crippen LogP contribution is -2.37. The highest BCUT2D eigenvalue weighted by molar-refractivity contribution is 5.95. The second kappa shape index (κ2) is 3.02. The third-order valence-electron chi connectivity index (χ3n) is 4.14. The predicted molar refractivity (Wildman–Crippen MR) is 63.2 cm³/mol. The maximum absolute atomic E-state index is 11.7. The molecule has 0 amide bonds. The minimum Gasteiger partial charge on any atom is -0.457 e. The van der Waals surface area contributed by atoms with Crippen molar-refractivity contribution in [1.82, 2.24) is 0 Å². The Labute approximate surface area is 101 Å². The fourth-order valence-corrected chi connectivity index (χ4v) is 3.62. The van der Waals surface area contributed by atoms with Crippen molar-refractivity contribution in [2.45, 2.75) is 39.2 Å². The molecule has 2 atom stereocenters. The van der Waals surface area contributed by atoms with Crippen molar-refractivity contribution >= 4 is 5.97 Å². The molecule has 0 saturated heterocycles. The van der Waals surface area contributed by atoms with Crippen molar-refractivity contribution in [2.24, 2.45) is 11.3 Å². The van der Waals surface area contributed by atoms with Crippen LogP contribution in [0.5, 0.6) is 0 Å². The molecular formula is C14H18O3. The molecule has 3 nitrogen and oxygen atoms in total. The summed E-state index contributed by atoms with van der Waals surface area (Å²) >= 11 is 0. The zero-order valence-corrected chi connectivity index (χ0v) is 10.5. The number of carbonyl (C=O) groups is 1. The maximum atomic E-state index is 11.7. The summed E-state index contributed by atoms with van der Waals surface area (Å²) in [6.45, 7) is 6.47. The molecule has 0 bridgehead atoms. The van der Waals surface area contributed by atoms with Crippen LogP contribution in [-0.2, 0) is 9.53 Å². The largest absolute Gasteiger partial charge is 0.457 e. The van der Waals surface area contributed by atoms with Gasteiger partial charge in [-0.2, -0.15) is 0 Å². The molecule has 92 valence electrons. The van der Waals surface area contributed by atoms with Crippen molar-refractivity contribution in [3.8, 4) is 0 Å². The summed E-state index contributed by atoms with van der Waals surface area (Å²) in [4.78, 5) is 11.7. The van der Waals surface area contributed by atoms with Gasteiger partial charge in [0.2, 0.25) is 0 Å². The molecule has 1 unspecified atom stereocenters. The Morgan fingerprint density at radius 2 is 2.06 bits per heavy atom. The van der Waals surface area contributed by atoms with E-state index in [9.17, 15) is 9.90 Å². The van der Waals surface area contributed by atoms with Crippen molar-refractivity contribution in [1.29, 1.82) is 0 Å². The van der Waals surface area contributed by atoms with Gasteiger partial charge < -0.3 is 9.84 Å². The Morgan fingerprint density at radius 1 is 1.35 bits per heavy atom. The lowest BCUT2D eigenvalue weighted by Gasteiger charge is -2.34. The second-order valence-corrected chi connectivity index (χ2v) is 6.40. The molecule has 1 heterocycles. The summed E-state index contributed by atoms with van der Waals surface area (Å²) in [5.41, 5.74) is 1.82. The van der Waals surface area contributed by atoms with E-state index in [2.05, 4.69) is 19.9 Å². The predicted octanol–water partition coefficient (Wildman–Crippen LogP) is 1.97. The zero-order chi connectivity index (χ0) is 12.4. The minimum atomic E-state index is -1.02. The van der Waals surface area contributed by atoms with Crippen LogP contribution in [0.4, 0.5) is 0 Å². The van der Waals surface area contributed by atoms with E-state index < -0.39 is 5.60 Å². The van der Waals surface area contributed by atoms with Gasteiger partial charge >= 0.3 is 5.97 Å². The van der Waals surface area contributed by atoms with Crippen LogP contribution in [0.25, 0.3) is 0 Å². The fraction of sp³-hybridized carbons (Fsp3) is 0.643. The van der Waals surface area contributed by atoms with Crippen LogP contribution < -0.4 is 0 Å². The molecule has 1 aliphatic heterocycles. The van der Waals surface area contributed by atoms with E-state index >= 15 is 0 Å². The highest BCUT2D eigenvalue weighted by Crippen LogP contribution is 2.52. The van der Waals surface area contributed by atoms with Gasteiger partial charge in [-0.15, -0.1) is 0 Å². The van der Waals surface area contributed by atoms with Gasteiger partial charge in [0.1, 0.15) is 6.61 Å². The number of hydrogen-bond acceptors (Lipinski definition) is 3. The Morgan fingerprint density at radius 3 is 2.76 bits per heavy atom. The molecule has 3 heteroatoms. The number of carbonyl (C=O) groups excluding carboxylic acids is 1. The van der Waals surface area contributed by atoms with Gasteiger partial charge in [-0.25, -0.2) is 4.79 Å². The number of ether oxygens (including phenoxy) is 1. The first-order chi connectivity index (χ1) is 7.80. The molecule has 0 aromatic heterocycles. The van der Waals surface area contributed by atoms with Crippen LogP contribution in [0.1, 0.15) is 33.6 Å². The van der Waals surface area contributed by atoms with Gasteiger partial charge in [-0.3, -0.25) is 0 Å². The van der Waals surface area contributed by atoms with E-state index in [0.29, 0.717) is 24.5 Å². The molecular weight excluding hydrogens is 216 g/mol. The van der Waals surface area contributed by atoms with Crippen LogP contribution in [0, 0.1) is 11.3 Å². The minimum absolute atomic E-state index is 0.157. The third kappa shape index (κ3) is 1.48. The quantitative estimate of drug-likeness (QED) is 0.652. The van der Waals surface area contributed by atoms with Gasteiger partial charge in [0.25, 0.3) is 0 Å². The first-order valence-electron chi connectivity index (χ1n) is 6.16. The molecule has 0 radical (unpaired) electrons. The first kappa shape index (κ1) is 11.0. The number of esters is 1. The van der Waals surface area contributed by atoms with E-state index in [1.54, 1.807) is 6.92 Å². The van der Waals surface area contributed by atoms with E-state index in [-0.39, 0.29) is 11.4 Å². The average molecular weight is 234 g/mol. The molecule has 0 aromatic carbocycles. The second-order valence-electron chi connectivity index (χ2n) is 6.40. The standard InChI is InChI=1S/C14H18O3/c1-13(2)4-8-5-14(3,16)11-10(9(8)6-13)7-17-12(11)15/h6,8,16H,4-5,7H2,1-3H3/t8?,14-/m1/s1. The van der Waals surface area contributed by atoms with Crippen LogP contribution in [-0.4, -0.2) is 23.3 Å². The number of cyclic esters (lactones) is 1. The van der Waals surface area contributed by atoms with Crippen molar-refractivity contribution in [3.63, 3.8) is 0 Å². The molecule has 1 N–H and O–H groups in total. The molecule has 3 aliphatic rings. The number of fused-ring (bicyclic) bond motifs is 2. The van der Waals surface area contributed by atoms with Gasteiger partial charge in [0.05, 0.1) is 11.2 Å². The summed E-state index contributed by atoms with van der Waals surface area (Å²) in [5.74, 6) is 0.0299. The number of hydrogen-bond donors (Lipinski definition) is 1. The van der Waals surface area contributed by atoms with Crippen molar-refractivity contribution in [3.05, 3.63) is 22.8 Å². The zero-order valence-electron chi connectivity index (χ0n) is 10.5. The van der Waals surface area contributed by atoms with Gasteiger partial charge in [0.15, 0.2) is 0 Å². The van der Waals surface area contributed by atoms with Gasteiger partial charge in [-0.05, 0) is 36.7 Å². The molecule has 0 aromatic rings. The van der Waals surface area contributed by atoms with E-state index in [1.807, 2.05) is 0 Å². The van der Waals surface area contributed by atoms with Gasteiger partial charge in [-0.1, -0.05) is 19.9 Å². The first-order valence-corrected chi connectivity index (χ1v) is 6.16. The van der Waals surface area contributed by atoms with Crippen LogP contribution in [0.15, 0.2) is 22.8 Å². The summed E-state index contributed by atoms with van der Waals surface area (Å²) in [7, 11) is 0. The summed E-state index contributed by atoms with van der Waals surface area (Å²) in [5, 5.41) is 10.4. The normalized spacial score (nSPS) is 38.7. The Hall–Kier alpha value is -1.09. The van der Waals surface area contributed by atoms with Crippen molar-refractivity contribution in [2.75, 3.05) is 6.61 Å². The van der Waals surface area contributed by atoms with Crippen LogP contribution in [0.2, 0.25) is 0 Å². The van der Waals surface area contributed by atoms with E-state index in [1.165, 1.54) is 5.57 Å². The van der Waals surface area contributed by atoms with Crippen molar-refractivity contribution < 1.29 is 14.6 Å². The summed E-state index contributed by atoms with van der Waals surface area (Å²) in [6, 6.07) is 0.